The van der Waals surface area contributed by atoms with Crippen LogP contribution in [0, 0.1) is 0 Å². The molecule has 1 aliphatic rings. The maximum Gasteiger partial charge on any atom is 0.313 e. The summed E-state index contributed by atoms with van der Waals surface area (Å²) in [4.78, 5) is 28.1. The zero-order valence-electron chi connectivity index (χ0n) is 13.3. The third-order valence-corrected chi connectivity index (χ3v) is 4.10. The van der Waals surface area contributed by atoms with Crippen LogP contribution in [0.15, 0.2) is 24.3 Å². The first-order chi connectivity index (χ1) is 10.5. The fraction of sp³-hybridized carbons (Fsp3) is 0.500. The van der Waals surface area contributed by atoms with E-state index in [1.54, 1.807) is 43.3 Å². The Hall–Kier alpha value is -2.08. The molecule has 0 atom stereocenters. The molecule has 0 unspecified atom stereocenters. The standard InChI is InChI=1S/C16H23N3O3/c1-18-10-8-13(9-11-18)19(2)16(21)15(20)17-12-4-6-14(22-3)7-5-12/h4-7,13H,8-11H2,1-3H3,(H,17,20). The Balaban J connectivity index is 1.91. The first-order valence-electron chi connectivity index (χ1n) is 7.42. The van der Waals surface area contributed by atoms with E-state index in [1.165, 1.54) is 0 Å². The van der Waals surface area contributed by atoms with Gasteiger partial charge in [0.25, 0.3) is 0 Å². The van der Waals surface area contributed by atoms with Crippen LogP contribution in [0.5, 0.6) is 5.75 Å². The maximum absolute atomic E-state index is 12.2. The molecule has 0 spiro atoms. The molecule has 2 rings (SSSR count). The molecule has 0 bridgehead atoms. The van der Waals surface area contributed by atoms with E-state index in [0.29, 0.717) is 11.4 Å². The van der Waals surface area contributed by atoms with Gasteiger partial charge in [0.2, 0.25) is 0 Å². The molecule has 22 heavy (non-hydrogen) atoms. The summed E-state index contributed by atoms with van der Waals surface area (Å²) in [6.07, 6.45) is 1.79. The van der Waals surface area contributed by atoms with E-state index in [4.69, 9.17) is 4.74 Å². The van der Waals surface area contributed by atoms with E-state index in [9.17, 15) is 9.59 Å². The highest BCUT2D eigenvalue weighted by molar-refractivity contribution is 6.39. The number of carbonyl (C=O) groups is 2. The fourth-order valence-electron chi connectivity index (χ4n) is 2.57. The van der Waals surface area contributed by atoms with Crippen LogP contribution in [-0.2, 0) is 9.59 Å². The molecule has 120 valence electrons. The summed E-state index contributed by atoms with van der Waals surface area (Å²) < 4.78 is 5.06. The van der Waals surface area contributed by atoms with Gasteiger partial charge in [0.05, 0.1) is 7.11 Å². The number of benzene rings is 1. The van der Waals surface area contributed by atoms with Crippen molar-refractivity contribution < 1.29 is 14.3 Å². The van der Waals surface area contributed by atoms with E-state index in [-0.39, 0.29) is 6.04 Å². The Morgan fingerprint density at radius 3 is 2.36 bits per heavy atom. The van der Waals surface area contributed by atoms with E-state index in [1.807, 2.05) is 0 Å². The van der Waals surface area contributed by atoms with Crippen molar-refractivity contribution >= 4 is 17.5 Å². The molecular formula is C16H23N3O3. The van der Waals surface area contributed by atoms with Crippen molar-refractivity contribution in [1.82, 2.24) is 9.80 Å². The molecular weight excluding hydrogens is 282 g/mol. The summed E-state index contributed by atoms with van der Waals surface area (Å²) in [5, 5.41) is 2.63. The monoisotopic (exact) mass is 305 g/mol. The molecule has 1 aromatic rings. The quantitative estimate of drug-likeness (QED) is 0.852. The Morgan fingerprint density at radius 2 is 1.82 bits per heavy atom. The largest absolute Gasteiger partial charge is 0.497 e. The first-order valence-corrected chi connectivity index (χ1v) is 7.42. The molecule has 1 aromatic carbocycles. The van der Waals surface area contributed by atoms with E-state index >= 15 is 0 Å². The van der Waals surface area contributed by atoms with Crippen molar-refractivity contribution in [2.75, 3.05) is 39.6 Å². The van der Waals surface area contributed by atoms with Crippen LogP contribution in [0.3, 0.4) is 0 Å². The number of piperidine rings is 1. The lowest BCUT2D eigenvalue weighted by Gasteiger charge is -2.34. The van der Waals surface area contributed by atoms with E-state index < -0.39 is 11.8 Å². The summed E-state index contributed by atoms with van der Waals surface area (Å²) >= 11 is 0. The van der Waals surface area contributed by atoms with Gasteiger partial charge < -0.3 is 19.9 Å². The van der Waals surface area contributed by atoms with Gasteiger partial charge >= 0.3 is 11.8 Å². The van der Waals surface area contributed by atoms with Gasteiger partial charge in [0.1, 0.15) is 5.75 Å². The Bertz CT molecular complexity index is 522. The average Bonchev–Trinajstić information content (AvgIpc) is 2.55. The minimum Gasteiger partial charge on any atom is -0.497 e. The van der Waals surface area contributed by atoms with Gasteiger partial charge in [-0.2, -0.15) is 0 Å². The summed E-state index contributed by atoms with van der Waals surface area (Å²) in [6.45, 7) is 1.89. The molecule has 0 aromatic heterocycles. The molecule has 6 heteroatoms. The van der Waals surface area contributed by atoms with Crippen molar-refractivity contribution in [2.45, 2.75) is 18.9 Å². The van der Waals surface area contributed by atoms with Gasteiger partial charge in [-0.15, -0.1) is 0 Å². The molecule has 0 radical (unpaired) electrons. The number of nitrogens with one attached hydrogen (secondary N) is 1. The number of hydrogen-bond donors (Lipinski definition) is 1. The third kappa shape index (κ3) is 3.98. The van der Waals surface area contributed by atoms with Crippen LogP contribution in [0.4, 0.5) is 5.69 Å². The molecule has 2 amide bonds. The maximum atomic E-state index is 12.2. The average molecular weight is 305 g/mol. The van der Waals surface area contributed by atoms with Gasteiger partial charge in [0.15, 0.2) is 0 Å². The second-order valence-electron chi connectivity index (χ2n) is 5.63. The molecule has 1 saturated heterocycles. The van der Waals surface area contributed by atoms with Crippen LogP contribution >= 0.6 is 0 Å². The SMILES string of the molecule is COc1ccc(NC(=O)C(=O)N(C)C2CCN(C)CC2)cc1. The van der Waals surface area contributed by atoms with Crippen LogP contribution < -0.4 is 10.1 Å². The predicted octanol–water partition coefficient (Wildman–Crippen LogP) is 1.19. The van der Waals surface area contributed by atoms with E-state index in [0.717, 1.165) is 25.9 Å². The number of anilines is 1. The number of carbonyl (C=O) groups excluding carboxylic acids is 2. The fourth-order valence-corrected chi connectivity index (χ4v) is 2.57. The highest BCUT2D eigenvalue weighted by Crippen LogP contribution is 2.17. The van der Waals surface area contributed by atoms with Crippen molar-refractivity contribution in [3.05, 3.63) is 24.3 Å². The predicted molar refractivity (Wildman–Crippen MR) is 84.9 cm³/mol. The number of likely N-dealkylation sites (N-methyl/N-ethyl adjacent to an activating group) is 1. The molecule has 6 nitrogen and oxygen atoms in total. The smallest absolute Gasteiger partial charge is 0.313 e. The van der Waals surface area contributed by atoms with Crippen LogP contribution in [0.25, 0.3) is 0 Å². The molecule has 0 saturated carbocycles. The zero-order valence-corrected chi connectivity index (χ0v) is 13.3. The lowest BCUT2D eigenvalue weighted by molar-refractivity contribution is -0.144. The third-order valence-electron chi connectivity index (χ3n) is 4.10. The summed E-state index contributed by atoms with van der Waals surface area (Å²) in [5.74, 6) is -0.398. The summed E-state index contributed by atoms with van der Waals surface area (Å²) in [7, 11) is 5.34. The number of likely N-dealkylation sites (tertiary alicyclic amines) is 1. The minimum atomic E-state index is -0.605. The van der Waals surface area contributed by atoms with Gasteiger partial charge in [-0.3, -0.25) is 9.59 Å². The lowest BCUT2D eigenvalue weighted by atomic mass is 10.0. The van der Waals surface area contributed by atoms with Crippen molar-refractivity contribution in [1.29, 1.82) is 0 Å². The molecule has 0 aliphatic carbocycles. The first kappa shape index (κ1) is 16.3. The van der Waals surface area contributed by atoms with Crippen molar-refractivity contribution in [2.24, 2.45) is 0 Å². The highest BCUT2D eigenvalue weighted by Gasteiger charge is 2.27. The topological polar surface area (TPSA) is 61.9 Å². The minimum absolute atomic E-state index is 0.130. The van der Waals surface area contributed by atoms with Crippen LogP contribution in [0.1, 0.15) is 12.8 Å². The number of hydrogen-bond acceptors (Lipinski definition) is 4. The van der Waals surface area contributed by atoms with Crippen molar-refractivity contribution in [3.8, 4) is 5.75 Å². The second-order valence-corrected chi connectivity index (χ2v) is 5.63. The molecule has 1 N–H and O–H groups in total. The van der Waals surface area contributed by atoms with Crippen molar-refractivity contribution in [3.63, 3.8) is 0 Å². The number of nitrogens with zero attached hydrogens (tertiary/aromatic N) is 2. The number of rotatable bonds is 3. The molecule has 1 fully saturated rings. The molecule has 1 heterocycles. The zero-order chi connectivity index (χ0) is 16.1. The Kier molecular flexibility index (Phi) is 5.38. The Labute approximate surface area is 131 Å². The summed E-state index contributed by atoms with van der Waals surface area (Å²) in [6, 6.07) is 7.02. The van der Waals surface area contributed by atoms with Gasteiger partial charge in [-0.05, 0) is 57.2 Å². The van der Waals surface area contributed by atoms with Gasteiger partial charge in [0, 0.05) is 18.8 Å². The lowest BCUT2D eigenvalue weighted by Crippen LogP contribution is -2.47. The van der Waals surface area contributed by atoms with Crippen LogP contribution in [-0.4, -0.2) is 62.0 Å². The number of ether oxygens (including phenoxy) is 1. The number of methoxy groups -OCH3 is 1. The molecule has 1 aliphatic heterocycles. The Morgan fingerprint density at radius 1 is 1.23 bits per heavy atom. The second kappa shape index (κ2) is 7.26. The van der Waals surface area contributed by atoms with Gasteiger partial charge in [-0.1, -0.05) is 0 Å². The highest BCUT2D eigenvalue weighted by atomic mass is 16.5. The normalized spacial score (nSPS) is 16.1. The van der Waals surface area contributed by atoms with E-state index in [2.05, 4.69) is 17.3 Å². The van der Waals surface area contributed by atoms with Gasteiger partial charge in [-0.25, -0.2) is 0 Å². The summed E-state index contributed by atoms with van der Waals surface area (Å²) in [5.41, 5.74) is 0.580. The number of amides is 2. The van der Waals surface area contributed by atoms with Crippen LogP contribution in [0.2, 0.25) is 0 Å².